The largest absolute Gasteiger partial charge is 0.385 e. The standard InChI is InChI=1S/C13H19N3OS/c1-17-10-3-6-14-13-15-7-9-16(13)8-5-12-4-2-11-18-12/h2,4,7,9,11H,3,5-6,8,10H2,1H3,(H,14,15). The Labute approximate surface area is 112 Å². The van der Waals surface area contributed by atoms with Gasteiger partial charge in [-0.1, -0.05) is 6.07 Å². The number of rotatable bonds is 8. The monoisotopic (exact) mass is 265 g/mol. The molecule has 0 amide bonds. The molecule has 0 aliphatic heterocycles. The highest BCUT2D eigenvalue weighted by molar-refractivity contribution is 7.09. The van der Waals surface area contributed by atoms with Crippen molar-refractivity contribution in [2.24, 2.45) is 0 Å². The fourth-order valence-corrected chi connectivity index (χ4v) is 2.46. The first kappa shape index (κ1) is 13.1. The minimum Gasteiger partial charge on any atom is -0.385 e. The van der Waals surface area contributed by atoms with Gasteiger partial charge >= 0.3 is 0 Å². The Kier molecular flexibility index (Phi) is 5.23. The van der Waals surface area contributed by atoms with Crippen LogP contribution in [0.1, 0.15) is 11.3 Å². The van der Waals surface area contributed by atoms with Crippen molar-refractivity contribution in [1.82, 2.24) is 9.55 Å². The zero-order valence-electron chi connectivity index (χ0n) is 10.6. The number of aryl methyl sites for hydroxylation is 2. The summed E-state index contributed by atoms with van der Waals surface area (Å²) < 4.78 is 7.18. The number of anilines is 1. The third-order valence-corrected chi connectivity index (χ3v) is 3.64. The van der Waals surface area contributed by atoms with Crippen molar-refractivity contribution in [2.45, 2.75) is 19.4 Å². The van der Waals surface area contributed by atoms with Gasteiger partial charge in [0.2, 0.25) is 5.95 Å². The van der Waals surface area contributed by atoms with Crippen molar-refractivity contribution in [1.29, 1.82) is 0 Å². The average Bonchev–Trinajstić information content (AvgIpc) is 3.03. The molecule has 0 aromatic carbocycles. The lowest BCUT2D eigenvalue weighted by Crippen LogP contribution is -2.11. The predicted octanol–water partition coefficient (Wildman–Crippen LogP) is 2.64. The number of hydrogen-bond acceptors (Lipinski definition) is 4. The molecule has 18 heavy (non-hydrogen) atoms. The van der Waals surface area contributed by atoms with Crippen LogP contribution in [0.4, 0.5) is 5.95 Å². The first-order chi connectivity index (χ1) is 8.90. The van der Waals surface area contributed by atoms with Crippen LogP contribution in [0.5, 0.6) is 0 Å². The van der Waals surface area contributed by atoms with Crippen LogP contribution in [-0.2, 0) is 17.7 Å². The van der Waals surface area contributed by atoms with E-state index in [4.69, 9.17) is 4.74 Å². The minimum absolute atomic E-state index is 0.781. The number of methoxy groups -OCH3 is 1. The summed E-state index contributed by atoms with van der Waals surface area (Å²) >= 11 is 1.80. The van der Waals surface area contributed by atoms with Crippen LogP contribution in [0, 0.1) is 0 Å². The number of ether oxygens (including phenoxy) is 1. The van der Waals surface area contributed by atoms with Crippen LogP contribution >= 0.6 is 11.3 Å². The summed E-state index contributed by atoms with van der Waals surface area (Å²) in [6.07, 6.45) is 5.91. The van der Waals surface area contributed by atoms with Gasteiger partial charge in [-0.25, -0.2) is 4.98 Å². The van der Waals surface area contributed by atoms with E-state index in [9.17, 15) is 0 Å². The summed E-state index contributed by atoms with van der Waals surface area (Å²) in [7, 11) is 1.72. The summed E-state index contributed by atoms with van der Waals surface area (Å²) in [5.41, 5.74) is 0. The van der Waals surface area contributed by atoms with Crippen molar-refractivity contribution in [2.75, 3.05) is 25.6 Å². The second-order valence-corrected chi connectivity index (χ2v) is 5.08. The highest BCUT2D eigenvalue weighted by Crippen LogP contribution is 2.12. The van der Waals surface area contributed by atoms with Crippen molar-refractivity contribution in [3.05, 3.63) is 34.8 Å². The van der Waals surface area contributed by atoms with Crippen molar-refractivity contribution in [3.63, 3.8) is 0 Å². The van der Waals surface area contributed by atoms with Crippen LogP contribution in [-0.4, -0.2) is 29.8 Å². The molecule has 0 bridgehead atoms. The van der Waals surface area contributed by atoms with Gasteiger partial charge in [-0.3, -0.25) is 0 Å². The van der Waals surface area contributed by atoms with Gasteiger partial charge in [-0.2, -0.15) is 0 Å². The normalized spacial score (nSPS) is 10.7. The van der Waals surface area contributed by atoms with Gasteiger partial charge in [0.1, 0.15) is 0 Å². The number of aromatic nitrogens is 2. The molecule has 0 spiro atoms. The van der Waals surface area contributed by atoms with Crippen molar-refractivity contribution < 1.29 is 4.74 Å². The molecule has 0 radical (unpaired) electrons. The number of nitrogens with one attached hydrogen (secondary N) is 1. The molecule has 0 unspecified atom stereocenters. The van der Waals surface area contributed by atoms with Crippen LogP contribution in [0.15, 0.2) is 29.9 Å². The molecule has 0 aliphatic rings. The summed E-state index contributed by atoms with van der Waals surface area (Å²) in [6.45, 7) is 2.64. The molecule has 98 valence electrons. The van der Waals surface area contributed by atoms with Crippen LogP contribution < -0.4 is 5.32 Å². The SMILES string of the molecule is COCCCNc1nccn1CCc1cccs1. The van der Waals surface area contributed by atoms with Gasteiger partial charge in [0, 0.05) is 44.1 Å². The van der Waals surface area contributed by atoms with Crippen LogP contribution in [0.3, 0.4) is 0 Å². The second kappa shape index (κ2) is 7.18. The molecule has 2 heterocycles. The van der Waals surface area contributed by atoms with Gasteiger partial charge in [0.05, 0.1) is 0 Å². The molecule has 5 heteroatoms. The minimum atomic E-state index is 0.781. The fraction of sp³-hybridized carbons (Fsp3) is 0.462. The lowest BCUT2D eigenvalue weighted by atomic mass is 10.3. The van der Waals surface area contributed by atoms with E-state index in [1.54, 1.807) is 18.4 Å². The number of hydrogen-bond donors (Lipinski definition) is 1. The fourth-order valence-electron chi connectivity index (χ4n) is 1.76. The van der Waals surface area contributed by atoms with E-state index in [2.05, 4.69) is 32.4 Å². The van der Waals surface area contributed by atoms with Crippen LogP contribution in [0.25, 0.3) is 0 Å². The highest BCUT2D eigenvalue weighted by atomic mass is 32.1. The molecular formula is C13H19N3OS. The molecule has 0 aliphatic carbocycles. The topological polar surface area (TPSA) is 39.1 Å². The predicted molar refractivity (Wildman–Crippen MR) is 75.2 cm³/mol. The van der Waals surface area contributed by atoms with E-state index in [0.717, 1.165) is 38.5 Å². The highest BCUT2D eigenvalue weighted by Gasteiger charge is 2.02. The zero-order chi connectivity index (χ0) is 12.6. The number of imidazole rings is 1. The maximum atomic E-state index is 5.02. The van der Waals surface area contributed by atoms with Gasteiger partial charge < -0.3 is 14.6 Å². The van der Waals surface area contributed by atoms with Gasteiger partial charge in [-0.05, 0) is 24.3 Å². The average molecular weight is 265 g/mol. The summed E-state index contributed by atoms with van der Waals surface area (Å²) in [5, 5.41) is 5.45. The van der Waals surface area contributed by atoms with E-state index >= 15 is 0 Å². The molecule has 1 N–H and O–H groups in total. The molecular weight excluding hydrogens is 246 g/mol. The lowest BCUT2D eigenvalue weighted by Gasteiger charge is -2.09. The zero-order valence-corrected chi connectivity index (χ0v) is 11.4. The summed E-state index contributed by atoms with van der Waals surface area (Å²) in [5.74, 6) is 0.947. The van der Waals surface area contributed by atoms with E-state index in [-0.39, 0.29) is 0 Å². The second-order valence-electron chi connectivity index (χ2n) is 4.05. The molecule has 2 rings (SSSR count). The van der Waals surface area contributed by atoms with Gasteiger partial charge in [-0.15, -0.1) is 11.3 Å². The molecule has 0 fully saturated rings. The Morgan fingerprint density at radius 3 is 3.22 bits per heavy atom. The Hall–Kier alpha value is -1.33. The molecule has 2 aromatic rings. The maximum Gasteiger partial charge on any atom is 0.202 e. The Morgan fingerprint density at radius 2 is 2.44 bits per heavy atom. The summed E-state index contributed by atoms with van der Waals surface area (Å²) in [6, 6.07) is 4.27. The Bertz CT molecular complexity index is 439. The van der Waals surface area contributed by atoms with E-state index in [1.807, 2.05) is 12.4 Å². The third kappa shape index (κ3) is 3.85. The van der Waals surface area contributed by atoms with E-state index in [0.29, 0.717) is 0 Å². The first-order valence-electron chi connectivity index (χ1n) is 6.16. The third-order valence-electron chi connectivity index (χ3n) is 2.70. The maximum absolute atomic E-state index is 5.02. The van der Waals surface area contributed by atoms with Crippen molar-refractivity contribution in [3.8, 4) is 0 Å². The summed E-state index contributed by atoms with van der Waals surface area (Å²) in [4.78, 5) is 5.74. The number of nitrogens with zero attached hydrogens (tertiary/aromatic N) is 2. The number of thiophene rings is 1. The van der Waals surface area contributed by atoms with Gasteiger partial charge in [0.25, 0.3) is 0 Å². The smallest absolute Gasteiger partial charge is 0.202 e. The molecule has 0 atom stereocenters. The molecule has 0 saturated carbocycles. The molecule has 2 aromatic heterocycles. The van der Waals surface area contributed by atoms with E-state index < -0.39 is 0 Å². The molecule has 0 saturated heterocycles. The van der Waals surface area contributed by atoms with Crippen molar-refractivity contribution >= 4 is 17.3 Å². The lowest BCUT2D eigenvalue weighted by molar-refractivity contribution is 0.197. The molecule has 4 nitrogen and oxygen atoms in total. The first-order valence-corrected chi connectivity index (χ1v) is 7.04. The van der Waals surface area contributed by atoms with E-state index in [1.165, 1.54) is 4.88 Å². The Balaban J connectivity index is 1.79. The quantitative estimate of drug-likeness (QED) is 0.746. The van der Waals surface area contributed by atoms with Gasteiger partial charge in [0.15, 0.2) is 0 Å². The Morgan fingerprint density at radius 1 is 1.50 bits per heavy atom. The van der Waals surface area contributed by atoms with Crippen LogP contribution in [0.2, 0.25) is 0 Å².